The number of hydrogen-bond donors (Lipinski definition) is 2. The van der Waals surface area contributed by atoms with Gasteiger partial charge in [0, 0.05) is 18.5 Å². The number of fused-ring (bicyclic) bond motifs is 3. The van der Waals surface area contributed by atoms with E-state index in [4.69, 9.17) is 4.74 Å². The minimum Gasteiger partial charge on any atom is -0.481 e. The standard InChI is InChI=1S/C27H30N2O5/c1-2-15-29(18-9-3-4-10-18)26(32)24(16-25(30)31)28-27(33)34-17-23-21-13-7-5-11-19(21)20-12-6-8-14-22(20)23/h2,5-8,11-14,18,23-24H,1,3-4,9-10,15-17H2,(H,28,33)(H,30,31). The molecule has 0 bridgehead atoms. The van der Waals surface area contributed by atoms with E-state index in [9.17, 15) is 19.5 Å². The van der Waals surface area contributed by atoms with Crippen molar-refractivity contribution < 1.29 is 24.2 Å². The second-order valence-electron chi connectivity index (χ2n) is 8.84. The first-order valence-electron chi connectivity index (χ1n) is 11.7. The van der Waals surface area contributed by atoms with Crippen molar-refractivity contribution in [2.75, 3.05) is 13.2 Å². The van der Waals surface area contributed by atoms with Gasteiger partial charge >= 0.3 is 12.1 Å². The summed E-state index contributed by atoms with van der Waals surface area (Å²) in [5.74, 6) is -1.70. The van der Waals surface area contributed by atoms with Crippen LogP contribution in [0.25, 0.3) is 11.1 Å². The Kier molecular flexibility index (Phi) is 7.30. The smallest absolute Gasteiger partial charge is 0.407 e. The van der Waals surface area contributed by atoms with Gasteiger partial charge in [-0.1, -0.05) is 67.4 Å². The molecule has 7 nitrogen and oxygen atoms in total. The Morgan fingerprint density at radius 2 is 1.65 bits per heavy atom. The molecule has 2 N–H and O–H groups in total. The Hall–Kier alpha value is -3.61. The van der Waals surface area contributed by atoms with Gasteiger partial charge in [-0.25, -0.2) is 4.79 Å². The molecular weight excluding hydrogens is 432 g/mol. The second-order valence-corrected chi connectivity index (χ2v) is 8.84. The topological polar surface area (TPSA) is 95.9 Å². The van der Waals surface area contributed by atoms with Crippen molar-refractivity contribution in [3.05, 3.63) is 72.3 Å². The number of aliphatic carboxylic acids is 1. The molecule has 2 aliphatic rings. The van der Waals surface area contributed by atoms with Crippen LogP contribution >= 0.6 is 0 Å². The van der Waals surface area contributed by atoms with Gasteiger partial charge < -0.3 is 20.1 Å². The van der Waals surface area contributed by atoms with Crippen molar-refractivity contribution in [2.24, 2.45) is 0 Å². The van der Waals surface area contributed by atoms with Crippen LogP contribution in [0.2, 0.25) is 0 Å². The average Bonchev–Trinajstić information content (AvgIpc) is 3.47. The van der Waals surface area contributed by atoms with Crippen LogP contribution in [0.4, 0.5) is 4.79 Å². The van der Waals surface area contributed by atoms with Gasteiger partial charge in [-0.05, 0) is 35.1 Å². The highest BCUT2D eigenvalue weighted by Crippen LogP contribution is 2.44. The molecule has 2 aliphatic carbocycles. The normalized spacial score (nSPS) is 15.8. The van der Waals surface area contributed by atoms with E-state index < -0.39 is 30.4 Å². The number of hydrogen-bond acceptors (Lipinski definition) is 4. The van der Waals surface area contributed by atoms with E-state index in [0.29, 0.717) is 6.54 Å². The first-order chi connectivity index (χ1) is 16.5. The van der Waals surface area contributed by atoms with Crippen molar-refractivity contribution in [1.82, 2.24) is 10.2 Å². The third-order valence-electron chi connectivity index (χ3n) is 6.69. The summed E-state index contributed by atoms with van der Waals surface area (Å²) in [4.78, 5) is 39.0. The van der Waals surface area contributed by atoms with Crippen molar-refractivity contribution >= 4 is 18.0 Å². The Bertz CT molecular complexity index is 1030. The van der Waals surface area contributed by atoms with Gasteiger partial charge in [0.1, 0.15) is 12.6 Å². The number of alkyl carbamates (subject to hydrolysis) is 1. The van der Waals surface area contributed by atoms with Crippen LogP contribution < -0.4 is 5.32 Å². The molecule has 0 aliphatic heterocycles. The molecule has 1 unspecified atom stereocenters. The monoisotopic (exact) mass is 462 g/mol. The lowest BCUT2D eigenvalue weighted by Crippen LogP contribution is -2.52. The highest BCUT2D eigenvalue weighted by Gasteiger charge is 2.34. The molecule has 1 saturated carbocycles. The number of ether oxygens (including phenoxy) is 1. The maximum Gasteiger partial charge on any atom is 0.407 e. The molecule has 2 aromatic rings. The van der Waals surface area contributed by atoms with Crippen LogP contribution in [0.3, 0.4) is 0 Å². The molecule has 0 saturated heterocycles. The fourth-order valence-electron chi connectivity index (χ4n) is 5.13. The molecule has 7 heteroatoms. The average molecular weight is 463 g/mol. The van der Waals surface area contributed by atoms with Gasteiger partial charge in [0.25, 0.3) is 0 Å². The number of amides is 2. The molecule has 0 aromatic heterocycles. The van der Waals surface area contributed by atoms with Crippen LogP contribution in [0.5, 0.6) is 0 Å². The fraction of sp³-hybridized carbons (Fsp3) is 0.370. The van der Waals surface area contributed by atoms with Crippen molar-refractivity contribution in [2.45, 2.75) is 50.1 Å². The molecule has 2 aromatic carbocycles. The summed E-state index contributed by atoms with van der Waals surface area (Å²) in [5.41, 5.74) is 4.38. The minimum absolute atomic E-state index is 0.0334. The van der Waals surface area contributed by atoms with Crippen LogP contribution in [-0.2, 0) is 14.3 Å². The molecule has 178 valence electrons. The Balaban J connectivity index is 1.45. The van der Waals surface area contributed by atoms with Gasteiger partial charge in [-0.15, -0.1) is 6.58 Å². The molecular formula is C27H30N2O5. The Labute approximate surface area is 199 Å². The molecule has 4 rings (SSSR count). The van der Waals surface area contributed by atoms with E-state index in [-0.39, 0.29) is 18.6 Å². The molecule has 1 atom stereocenters. The summed E-state index contributed by atoms with van der Waals surface area (Å²) in [6.45, 7) is 4.13. The predicted octanol–water partition coefficient (Wildman–Crippen LogP) is 4.33. The summed E-state index contributed by atoms with van der Waals surface area (Å²) in [6.07, 6.45) is 4.09. The van der Waals surface area contributed by atoms with E-state index >= 15 is 0 Å². The van der Waals surface area contributed by atoms with Crippen LogP contribution in [0.1, 0.15) is 49.1 Å². The molecule has 0 heterocycles. The number of carboxylic acid groups (broad SMARTS) is 1. The van der Waals surface area contributed by atoms with Crippen molar-refractivity contribution in [3.8, 4) is 11.1 Å². The molecule has 0 spiro atoms. The molecule has 34 heavy (non-hydrogen) atoms. The highest BCUT2D eigenvalue weighted by atomic mass is 16.5. The van der Waals surface area contributed by atoms with Gasteiger partial charge in [0.15, 0.2) is 0 Å². The fourth-order valence-corrected chi connectivity index (χ4v) is 5.13. The van der Waals surface area contributed by atoms with E-state index in [1.165, 1.54) is 0 Å². The zero-order valence-corrected chi connectivity index (χ0v) is 19.1. The SMILES string of the molecule is C=CCN(C(=O)C(CC(=O)O)NC(=O)OCC1c2ccccc2-c2ccccc21)C1CCCC1. The van der Waals surface area contributed by atoms with Crippen LogP contribution in [0, 0.1) is 0 Å². The zero-order chi connectivity index (χ0) is 24.1. The quantitative estimate of drug-likeness (QED) is 0.541. The number of carbonyl (C=O) groups excluding carboxylic acids is 2. The van der Waals surface area contributed by atoms with Gasteiger partial charge in [-0.3, -0.25) is 9.59 Å². The third kappa shape index (κ3) is 4.98. The summed E-state index contributed by atoms with van der Waals surface area (Å²) in [7, 11) is 0. The first-order valence-corrected chi connectivity index (χ1v) is 11.7. The van der Waals surface area contributed by atoms with Gasteiger partial charge in [-0.2, -0.15) is 0 Å². The van der Waals surface area contributed by atoms with Crippen molar-refractivity contribution in [3.63, 3.8) is 0 Å². The van der Waals surface area contributed by atoms with E-state index in [2.05, 4.69) is 11.9 Å². The van der Waals surface area contributed by atoms with Gasteiger partial charge in [0.2, 0.25) is 5.91 Å². The summed E-state index contributed by atoms with van der Waals surface area (Å²) >= 11 is 0. The maximum absolute atomic E-state index is 13.2. The number of carbonyl (C=O) groups is 3. The number of benzene rings is 2. The second kappa shape index (κ2) is 10.5. The largest absolute Gasteiger partial charge is 0.481 e. The predicted molar refractivity (Wildman–Crippen MR) is 128 cm³/mol. The lowest BCUT2D eigenvalue weighted by molar-refractivity contribution is -0.143. The molecule has 1 fully saturated rings. The number of nitrogens with one attached hydrogen (secondary N) is 1. The van der Waals surface area contributed by atoms with E-state index in [1.54, 1.807) is 11.0 Å². The highest BCUT2D eigenvalue weighted by molar-refractivity contribution is 5.89. The third-order valence-corrected chi connectivity index (χ3v) is 6.69. The number of nitrogens with zero attached hydrogens (tertiary/aromatic N) is 1. The first kappa shape index (κ1) is 23.5. The van der Waals surface area contributed by atoms with E-state index in [0.717, 1.165) is 47.9 Å². The Morgan fingerprint density at radius 3 is 2.21 bits per heavy atom. The van der Waals surface area contributed by atoms with Crippen LogP contribution in [-0.4, -0.2) is 53.2 Å². The summed E-state index contributed by atoms with van der Waals surface area (Å²) < 4.78 is 5.53. The zero-order valence-electron chi connectivity index (χ0n) is 19.1. The lowest BCUT2D eigenvalue weighted by atomic mass is 9.98. The molecule has 0 radical (unpaired) electrons. The lowest BCUT2D eigenvalue weighted by Gasteiger charge is -2.31. The van der Waals surface area contributed by atoms with Crippen LogP contribution in [0.15, 0.2) is 61.2 Å². The molecule has 2 amide bonds. The Morgan fingerprint density at radius 1 is 1.06 bits per heavy atom. The van der Waals surface area contributed by atoms with Crippen molar-refractivity contribution in [1.29, 1.82) is 0 Å². The maximum atomic E-state index is 13.2. The van der Waals surface area contributed by atoms with Gasteiger partial charge in [0.05, 0.1) is 6.42 Å². The van der Waals surface area contributed by atoms with E-state index in [1.807, 2.05) is 48.5 Å². The minimum atomic E-state index is -1.20. The summed E-state index contributed by atoms with van der Waals surface area (Å²) in [5, 5.41) is 11.9. The number of carboxylic acids is 1. The number of rotatable bonds is 9. The summed E-state index contributed by atoms with van der Waals surface area (Å²) in [6, 6.07) is 14.8.